The van der Waals surface area contributed by atoms with Gasteiger partial charge in [0, 0.05) is 43.0 Å². The van der Waals surface area contributed by atoms with Crippen LogP contribution in [-0.2, 0) is 34.2 Å². The molecule has 220 valence electrons. The highest BCUT2D eigenvalue weighted by Crippen LogP contribution is 2.19. The van der Waals surface area contributed by atoms with Gasteiger partial charge in [-0.05, 0) is 35.4 Å². The van der Waals surface area contributed by atoms with Crippen molar-refractivity contribution < 1.29 is 28.8 Å². The van der Waals surface area contributed by atoms with Crippen LogP contribution in [0.1, 0.15) is 32.0 Å². The number of nitrogens with zero attached hydrogens (tertiary/aromatic N) is 2. The molecular formula is C31H29N5O7. The van der Waals surface area contributed by atoms with Crippen LogP contribution in [0.3, 0.4) is 0 Å². The maximum absolute atomic E-state index is 13.0. The Morgan fingerprint density at radius 3 is 2.28 bits per heavy atom. The number of nitro groups is 1. The number of rotatable bonds is 11. The number of esters is 1. The highest BCUT2D eigenvalue weighted by Gasteiger charge is 2.22. The van der Waals surface area contributed by atoms with E-state index in [2.05, 4.69) is 16.0 Å². The van der Waals surface area contributed by atoms with E-state index in [0.29, 0.717) is 16.9 Å². The Morgan fingerprint density at radius 1 is 0.860 bits per heavy atom. The van der Waals surface area contributed by atoms with Crippen molar-refractivity contribution in [2.45, 2.75) is 18.9 Å². The van der Waals surface area contributed by atoms with E-state index in [4.69, 9.17) is 4.74 Å². The third-order valence-corrected chi connectivity index (χ3v) is 6.47. The van der Waals surface area contributed by atoms with E-state index >= 15 is 0 Å². The van der Waals surface area contributed by atoms with Gasteiger partial charge in [-0.3, -0.25) is 24.5 Å². The second-order valence-corrected chi connectivity index (χ2v) is 9.65. The van der Waals surface area contributed by atoms with Gasteiger partial charge in [0.25, 0.3) is 17.5 Å². The van der Waals surface area contributed by atoms with Gasteiger partial charge in [0.1, 0.15) is 11.7 Å². The Labute approximate surface area is 246 Å². The molecule has 3 aromatic carbocycles. The average Bonchev–Trinajstić information content (AvgIpc) is 3.36. The normalized spacial score (nSPS) is 11.2. The number of nitrogens with one attached hydrogen (secondary N) is 3. The minimum absolute atomic E-state index is 0.0377. The summed E-state index contributed by atoms with van der Waals surface area (Å²) in [5.41, 5.74) is 2.36. The van der Waals surface area contributed by atoms with Crippen LogP contribution in [0.4, 0.5) is 17.1 Å². The molecule has 0 saturated carbocycles. The second kappa shape index (κ2) is 13.7. The van der Waals surface area contributed by atoms with E-state index in [-0.39, 0.29) is 35.7 Å². The average molecular weight is 584 g/mol. The van der Waals surface area contributed by atoms with Crippen molar-refractivity contribution in [3.63, 3.8) is 0 Å². The van der Waals surface area contributed by atoms with Gasteiger partial charge in [0.2, 0.25) is 5.91 Å². The first-order chi connectivity index (χ1) is 20.6. The fourth-order valence-corrected chi connectivity index (χ4v) is 4.39. The molecule has 0 radical (unpaired) electrons. The molecule has 3 amide bonds. The van der Waals surface area contributed by atoms with E-state index in [0.717, 1.165) is 11.6 Å². The summed E-state index contributed by atoms with van der Waals surface area (Å²) in [5, 5.41) is 19.2. The van der Waals surface area contributed by atoms with Crippen LogP contribution in [-0.4, -0.2) is 46.3 Å². The third-order valence-electron chi connectivity index (χ3n) is 6.47. The lowest BCUT2D eigenvalue weighted by atomic mass is 10.1. The van der Waals surface area contributed by atoms with Crippen LogP contribution in [0.2, 0.25) is 0 Å². The molecule has 0 aliphatic heterocycles. The largest absolute Gasteiger partial charge is 0.467 e. The van der Waals surface area contributed by atoms with Gasteiger partial charge in [-0.1, -0.05) is 48.5 Å². The van der Waals surface area contributed by atoms with E-state index in [1.807, 2.05) is 30.3 Å². The number of ether oxygens (including phenoxy) is 1. The number of aryl methyl sites for hydroxylation is 1. The highest BCUT2D eigenvalue weighted by atomic mass is 16.6. The van der Waals surface area contributed by atoms with Crippen molar-refractivity contribution in [2.75, 3.05) is 17.7 Å². The smallest absolute Gasteiger partial charge is 0.328 e. The fraction of sp³-hybridized carbons (Fsp3) is 0.161. The zero-order valence-electron chi connectivity index (χ0n) is 23.4. The summed E-state index contributed by atoms with van der Waals surface area (Å²) in [5.74, 6) is -1.97. The van der Waals surface area contributed by atoms with Gasteiger partial charge in [-0.15, -0.1) is 0 Å². The standard InChI is InChI=1S/C31H29N5O7/c1-35-19-24(33-29(38)22-11-7-13-25(17-22)36(41)42)18-27(35)30(39)32-23-12-6-10-21(14-23)16-28(37)34-26(31(40)43-2)15-20-8-4-3-5-9-20/h3-14,17-19,26H,15-16H2,1-2H3,(H,32,39)(H,33,38)(H,34,37)/t26-/m0/s1. The first kappa shape index (κ1) is 30.2. The molecule has 12 nitrogen and oxygen atoms in total. The number of nitro benzene ring substituents is 1. The van der Waals surface area contributed by atoms with Crippen molar-refractivity contribution in [3.8, 4) is 0 Å². The molecule has 1 atom stereocenters. The summed E-state index contributed by atoms with van der Waals surface area (Å²) >= 11 is 0. The maximum atomic E-state index is 13.0. The quantitative estimate of drug-likeness (QED) is 0.137. The van der Waals surface area contributed by atoms with Crippen LogP contribution in [0.15, 0.2) is 91.1 Å². The Kier molecular flexibility index (Phi) is 9.63. The molecule has 4 aromatic rings. The lowest BCUT2D eigenvalue weighted by molar-refractivity contribution is -0.384. The molecule has 0 bridgehead atoms. The Bertz CT molecular complexity index is 1670. The van der Waals surface area contributed by atoms with E-state index < -0.39 is 28.7 Å². The topological polar surface area (TPSA) is 162 Å². The Hall–Kier alpha value is -5.78. The monoisotopic (exact) mass is 583 g/mol. The lowest BCUT2D eigenvalue weighted by Crippen LogP contribution is -2.43. The molecule has 0 aliphatic rings. The molecular weight excluding hydrogens is 554 g/mol. The first-order valence-electron chi connectivity index (χ1n) is 13.2. The van der Waals surface area contributed by atoms with Crippen molar-refractivity contribution in [2.24, 2.45) is 7.05 Å². The Balaban J connectivity index is 1.38. The van der Waals surface area contributed by atoms with Crippen LogP contribution < -0.4 is 16.0 Å². The second-order valence-electron chi connectivity index (χ2n) is 9.65. The molecule has 1 aromatic heterocycles. The zero-order valence-corrected chi connectivity index (χ0v) is 23.4. The number of carbonyl (C=O) groups is 4. The predicted molar refractivity (Wildman–Crippen MR) is 159 cm³/mol. The summed E-state index contributed by atoms with van der Waals surface area (Å²) in [6.45, 7) is 0. The van der Waals surface area contributed by atoms with Crippen LogP contribution in [0.25, 0.3) is 0 Å². The maximum Gasteiger partial charge on any atom is 0.328 e. The SMILES string of the molecule is COC(=O)[C@H](Cc1ccccc1)NC(=O)Cc1cccc(NC(=O)c2cc(NC(=O)c3cccc([N+](=O)[O-])c3)cn2C)c1. The molecule has 0 spiro atoms. The number of aromatic nitrogens is 1. The summed E-state index contributed by atoms with van der Waals surface area (Å²) in [6.07, 6.45) is 1.78. The summed E-state index contributed by atoms with van der Waals surface area (Å²) in [4.78, 5) is 61.1. The number of methoxy groups -OCH3 is 1. The van der Waals surface area contributed by atoms with Crippen molar-refractivity contribution in [1.82, 2.24) is 9.88 Å². The van der Waals surface area contributed by atoms with Crippen LogP contribution >= 0.6 is 0 Å². The summed E-state index contributed by atoms with van der Waals surface area (Å²) < 4.78 is 6.38. The molecule has 12 heteroatoms. The van der Waals surface area contributed by atoms with Crippen LogP contribution in [0.5, 0.6) is 0 Å². The van der Waals surface area contributed by atoms with Gasteiger partial charge in [0.05, 0.1) is 24.1 Å². The molecule has 43 heavy (non-hydrogen) atoms. The number of carbonyl (C=O) groups excluding carboxylic acids is 4. The molecule has 0 unspecified atom stereocenters. The van der Waals surface area contributed by atoms with Crippen molar-refractivity contribution in [1.29, 1.82) is 0 Å². The molecule has 4 rings (SSSR count). The highest BCUT2D eigenvalue weighted by molar-refractivity contribution is 6.07. The van der Waals surface area contributed by atoms with E-state index in [1.165, 1.54) is 42.1 Å². The minimum atomic E-state index is -0.855. The van der Waals surface area contributed by atoms with E-state index in [9.17, 15) is 29.3 Å². The van der Waals surface area contributed by atoms with Gasteiger partial charge >= 0.3 is 5.97 Å². The van der Waals surface area contributed by atoms with Crippen LogP contribution in [0, 0.1) is 10.1 Å². The van der Waals surface area contributed by atoms with E-state index in [1.54, 1.807) is 31.3 Å². The summed E-state index contributed by atoms with van der Waals surface area (Å²) in [7, 11) is 2.89. The molecule has 1 heterocycles. The number of non-ortho nitro benzene ring substituents is 1. The van der Waals surface area contributed by atoms with Crippen molar-refractivity contribution >= 4 is 40.8 Å². The number of anilines is 2. The lowest BCUT2D eigenvalue weighted by Gasteiger charge is -2.17. The first-order valence-corrected chi connectivity index (χ1v) is 13.2. The zero-order chi connectivity index (χ0) is 30.9. The van der Waals surface area contributed by atoms with Crippen molar-refractivity contribution in [3.05, 3.63) is 124 Å². The number of benzene rings is 3. The Morgan fingerprint density at radius 2 is 1.56 bits per heavy atom. The molecule has 0 fully saturated rings. The van der Waals surface area contributed by atoms with Gasteiger partial charge < -0.3 is 25.3 Å². The molecule has 3 N–H and O–H groups in total. The number of hydrogen-bond donors (Lipinski definition) is 3. The van der Waals surface area contributed by atoms with Gasteiger partial charge in [0.15, 0.2) is 0 Å². The molecule has 0 aliphatic carbocycles. The molecule has 0 saturated heterocycles. The number of amides is 3. The van der Waals surface area contributed by atoms with Gasteiger partial charge in [-0.2, -0.15) is 0 Å². The van der Waals surface area contributed by atoms with Gasteiger partial charge in [-0.25, -0.2) is 4.79 Å². The number of hydrogen-bond acceptors (Lipinski definition) is 7. The summed E-state index contributed by atoms with van der Waals surface area (Å²) in [6, 6.07) is 21.9. The third kappa shape index (κ3) is 8.13. The fourth-order valence-electron chi connectivity index (χ4n) is 4.39. The predicted octanol–water partition coefficient (Wildman–Crippen LogP) is 3.88. The minimum Gasteiger partial charge on any atom is -0.467 e.